The lowest BCUT2D eigenvalue weighted by atomic mass is 9.96. The third kappa shape index (κ3) is 3.36. The maximum Gasteiger partial charge on any atom is 0.245 e. The molecule has 0 radical (unpaired) electrons. The number of amides is 1. The van der Waals surface area contributed by atoms with Gasteiger partial charge in [-0.2, -0.15) is 0 Å². The second-order valence-electron chi connectivity index (χ2n) is 7.64. The maximum absolute atomic E-state index is 13.0. The number of imidazole rings is 1. The van der Waals surface area contributed by atoms with E-state index < -0.39 is 0 Å². The number of carbonyl (C=O) groups excluding carboxylic acids is 1. The molecule has 1 aromatic carbocycles. The normalized spacial score (nSPS) is 17.0. The Bertz CT molecular complexity index is 901. The molecule has 0 saturated carbocycles. The van der Waals surface area contributed by atoms with Gasteiger partial charge in [-0.3, -0.25) is 4.79 Å². The molecular weight excluding hydrogens is 340 g/mol. The lowest BCUT2D eigenvalue weighted by Gasteiger charge is -2.33. The Morgan fingerprint density at radius 1 is 1.19 bits per heavy atom. The van der Waals surface area contributed by atoms with E-state index in [1.165, 1.54) is 0 Å². The van der Waals surface area contributed by atoms with Gasteiger partial charge in [0.25, 0.3) is 0 Å². The van der Waals surface area contributed by atoms with Gasteiger partial charge in [-0.25, -0.2) is 9.97 Å². The highest BCUT2D eigenvalue weighted by Crippen LogP contribution is 2.31. The van der Waals surface area contributed by atoms with Crippen molar-refractivity contribution in [2.45, 2.75) is 51.5 Å². The molecule has 1 aliphatic rings. The molecule has 6 nitrogen and oxygen atoms in total. The zero-order valence-corrected chi connectivity index (χ0v) is 16.1. The Balaban J connectivity index is 1.42. The smallest absolute Gasteiger partial charge is 0.245 e. The van der Waals surface area contributed by atoms with Crippen LogP contribution in [-0.2, 0) is 4.79 Å². The number of carbonyl (C=O) groups is 1. The first-order valence-corrected chi connectivity index (χ1v) is 9.71. The van der Waals surface area contributed by atoms with Gasteiger partial charge in [0, 0.05) is 37.3 Å². The number of nitrogens with zero attached hydrogens (tertiary/aromatic N) is 4. The van der Waals surface area contributed by atoms with Crippen molar-refractivity contribution in [2.75, 3.05) is 13.1 Å². The predicted octanol–water partition coefficient (Wildman–Crippen LogP) is 4.11. The number of rotatable bonds is 4. The molecule has 6 heteroatoms. The molecule has 0 bridgehead atoms. The lowest BCUT2D eigenvalue weighted by Crippen LogP contribution is -2.41. The van der Waals surface area contributed by atoms with E-state index in [4.69, 9.17) is 4.42 Å². The van der Waals surface area contributed by atoms with Gasteiger partial charge in [0.2, 0.25) is 5.91 Å². The molecule has 0 N–H and O–H groups in total. The molecule has 0 aliphatic carbocycles. The van der Waals surface area contributed by atoms with Crippen LogP contribution in [0.25, 0.3) is 11.1 Å². The molecule has 1 amide bonds. The summed E-state index contributed by atoms with van der Waals surface area (Å²) >= 11 is 0. The Morgan fingerprint density at radius 3 is 2.63 bits per heavy atom. The van der Waals surface area contributed by atoms with Crippen LogP contribution in [0.15, 0.2) is 41.1 Å². The summed E-state index contributed by atoms with van der Waals surface area (Å²) in [6, 6.07) is 7.62. The number of hydrogen-bond acceptors (Lipinski definition) is 4. The van der Waals surface area contributed by atoms with Gasteiger partial charge in [0.05, 0.1) is 0 Å². The number of aromatic nitrogens is 3. The molecule has 1 saturated heterocycles. The summed E-state index contributed by atoms with van der Waals surface area (Å²) in [6.45, 7) is 7.63. The quantitative estimate of drug-likeness (QED) is 0.697. The van der Waals surface area contributed by atoms with Crippen LogP contribution < -0.4 is 0 Å². The monoisotopic (exact) mass is 366 g/mol. The van der Waals surface area contributed by atoms with Crippen molar-refractivity contribution < 1.29 is 9.21 Å². The number of likely N-dealkylation sites (tertiary alicyclic amines) is 1. The fourth-order valence-electron chi connectivity index (χ4n) is 3.89. The van der Waals surface area contributed by atoms with Gasteiger partial charge in [-0.1, -0.05) is 26.0 Å². The van der Waals surface area contributed by atoms with E-state index in [2.05, 4.69) is 23.8 Å². The Hall–Kier alpha value is -2.63. The Morgan fingerprint density at radius 2 is 1.93 bits per heavy atom. The van der Waals surface area contributed by atoms with E-state index >= 15 is 0 Å². The first-order chi connectivity index (χ1) is 13.0. The summed E-state index contributed by atoms with van der Waals surface area (Å²) in [5.41, 5.74) is 1.74. The minimum absolute atomic E-state index is 0.158. The summed E-state index contributed by atoms with van der Waals surface area (Å²) in [5, 5.41) is 0. The Labute approximate surface area is 159 Å². The molecule has 1 aliphatic heterocycles. The van der Waals surface area contributed by atoms with Crippen molar-refractivity contribution in [3.8, 4) is 0 Å². The average molecular weight is 366 g/mol. The van der Waals surface area contributed by atoms with Crippen LogP contribution in [0.3, 0.4) is 0 Å². The first kappa shape index (κ1) is 17.8. The number of hydrogen-bond donors (Lipinski definition) is 0. The number of oxazole rings is 1. The fraction of sp³-hybridized carbons (Fsp3) is 0.476. The minimum atomic E-state index is -0.231. The molecule has 27 heavy (non-hydrogen) atoms. The molecule has 2 aromatic heterocycles. The molecule has 1 fully saturated rings. The van der Waals surface area contributed by atoms with E-state index in [0.29, 0.717) is 5.92 Å². The zero-order valence-electron chi connectivity index (χ0n) is 16.1. The summed E-state index contributed by atoms with van der Waals surface area (Å²) in [6.07, 6.45) is 5.44. The SMILES string of the molecule is CC(C)c1nccn1[C@@H](C)C(=O)N1CCC(c2nc3ccccc3o2)CC1. The summed E-state index contributed by atoms with van der Waals surface area (Å²) in [4.78, 5) is 24.0. The van der Waals surface area contributed by atoms with Gasteiger partial charge in [0.1, 0.15) is 17.4 Å². The van der Waals surface area contributed by atoms with Crippen LogP contribution in [0.1, 0.15) is 63.2 Å². The zero-order chi connectivity index (χ0) is 19.0. The van der Waals surface area contributed by atoms with E-state index in [9.17, 15) is 4.79 Å². The third-order valence-electron chi connectivity index (χ3n) is 5.46. The maximum atomic E-state index is 13.0. The highest BCUT2D eigenvalue weighted by Gasteiger charge is 2.30. The topological polar surface area (TPSA) is 64.2 Å². The summed E-state index contributed by atoms with van der Waals surface area (Å²) in [7, 11) is 0. The second-order valence-corrected chi connectivity index (χ2v) is 7.64. The number of fused-ring (bicyclic) bond motifs is 1. The molecule has 0 spiro atoms. The number of piperidine rings is 1. The largest absolute Gasteiger partial charge is 0.440 e. The average Bonchev–Trinajstić information content (AvgIpc) is 3.34. The van der Waals surface area contributed by atoms with Crippen LogP contribution in [-0.4, -0.2) is 38.4 Å². The van der Waals surface area contributed by atoms with E-state index in [1.54, 1.807) is 6.20 Å². The molecule has 4 rings (SSSR count). The number of benzene rings is 1. The molecule has 3 aromatic rings. The first-order valence-electron chi connectivity index (χ1n) is 9.71. The van der Waals surface area contributed by atoms with E-state index in [0.717, 1.165) is 48.7 Å². The second kappa shape index (κ2) is 7.18. The molecule has 142 valence electrons. The predicted molar refractivity (Wildman–Crippen MR) is 104 cm³/mol. The van der Waals surface area contributed by atoms with Gasteiger partial charge < -0.3 is 13.9 Å². The van der Waals surface area contributed by atoms with E-state index in [1.807, 2.05) is 46.9 Å². The molecule has 1 atom stereocenters. The van der Waals surface area contributed by atoms with Crippen molar-refractivity contribution in [3.05, 3.63) is 48.4 Å². The van der Waals surface area contributed by atoms with Crippen molar-refractivity contribution >= 4 is 17.0 Å². The van der Waals surface area contributed by atoms with Crippen molar-refractivity contribution in [2.24, 2.45) is 0 Å². The fourth-order valence-corrected chi connectivity index (χ4v) is 3.89. The Kier molecular flexibility index (Phi) is 4.72. The van der Waals surface area contributed by atoms with E-state index in [-0.39, 0.29) is 17.9 Å². The van der Waals surface area contributed by atoms with Crippen LogP contribution in [0, 0.1) is 0 Å². The van der Waals surface area contributed by atoms with Gasteiger partial charge in [0.15, 0.2) is 11.5 Å². The molecule has 0 unspecified atom stereocenters. The third-order valence-corrected chi connectivity index (χ3v) is 5.46. The van der Waals surface area contributed by atoms with Crippen LogP contribution >= 0.6 is 0 Å². The number of para-hydroxylation sites is 2. The van der Waals surface area contributed by atoms with Gasteiger partial charge in [-0.15, -0.1) is 0 Å². The molecular formula is C21H26N4O2. The minimum Gasteiger partial charge on any atom is -0.440 e. The lowest BCUT2D eigenvalue weighted by molar-refractivity contribution is -0.135. The molecule has 3 heterocycles. The van der Waals surface area contributed by atoms with Crippen LogP contribution in [0.2, 0.25) is 0 Å². The summed E-state index contributed by atoms with van der Waals surface area (Å²) < 4.78 is 7.92. The van der Waals surface area contributed by atoms with Gasteiger partial charge >= 0.3 is 0 Å². The summed E-state index contributed by atoms with van der Waals surface area (Å²) in [5.74, 6) is 2.48. The van der Waals surface area contributed by atoms with Crippen molar-refractivity contribution in [3.63, 3.8) is 0 Å². The van der Waals surface area contributed by atoms with Crippen molar-refractivity contribution in [1.29, 1.82) is 0 Å². The van der Waals surface area contributed by atoms with Gasteiger partial charge in [-0.05, 0) is 31.9 Å². The van der Waals surface area contributed by atoms with Crippen molar-refractivity contribution in [1.82, 2.24) is 19.4 Å². The highest BCUT2D eigenvalue weighted by molar-refractivity contribution is 5.80. The standard InChI is InChI=1S/C21H26N4O2/c1-14(2)19-22-10-13-25(19)15(3)21(26)24-11-8-16(9-12-24)20-23-17-6-4-5-7-18(17)27-20/h4-7,10,13-16H,8-9,11-12H2,1-3H3/t15-/m0/s1. The van der Waals surface area contributed by atoms with Crippen LogP contribution in [0.4, 0.5) is 0 Å². The highest BCUT2D eigenvalue weighted by atomic mass is 16.3. The van der Waals surface area contributed by atoms with Crippen LogP contribution in [0.5, 0.6) is 0 Å².